The summed E-state index contributed by atoms with van der Waals surface area (Å²) < 4.78 is 0. The van der Waals surface area contributed by atoms with Gasteiger partial charge in [-0.25, -0.2) is 0 Å². The molecule has 5 aromatic rings. The fourth-order valence-corrected chi connectivity index (χ4v) is 3.08. The van der Waals surface area contributed by atoms with Gasteiger partial charge in [0.25, 0.3) is 0 Å². The summed E-state index contributed by atoms with van der Waals surface area (Å²) in [5, 5.41) is 22.7. The van der Waals surface area contributed by atoms with E-state index in [0.29, 0.717) is 23.7 Å². The smallest absolute Gasteiger partial charge is 0.545 e. The third kappa shape index (κ3) is 8.42. The van der Waals surface area contributed by atoms with Crippen molar-refractivity contribution in [2.24, 2.45) is 0 Å². The van der Waals surface area contributed by atoms with Crippen LogP contribution in [0, 0.1) is 0 Å². The number of rotatable bonds is 4. The molecule has 0 aliphatic rings. The molecular formula is C28H21CuN2O7+. The molecule has 0 aliphatic carbocycles. The molecule has 5 rings (SSSR count). The molecule has 2 aromatic heterocycles. The first-order chi connectivity index (χ1) is 17.4. The van der Waals surface area contributed by atoms with Crippen LogP contribution in [0.2, 0.25) is 0 Å². The summed E-state index contributed by atoms with van der Waals surface area (Å²) in [5.41, 5.74) is 3.02. The van der Waals surface area contributed by atoms with E-state index in [-0.39, 0.29) is 33.7 Å². The predicted molar refractivity (Wildman–Crippen MR) is 134 cm³/mol. The first kappa shape index (κ1) is 31.3. The molecule has 1 radical (unpaired) electrons. The number of hydrogen-bond donors (Lipinski definition) is 0. The molecule has 9 nitrogen and oxygen atoms in total. The van der Waals surface area contributed by atoms with Gasteiger partial charge in [0.1, 0.15) is 12.6 Å². The summed E-state index contributed by atoms with van der Waals surface area (Å²) in [6.45, 7) is 0. The van der Waals surface area contributed by atoms with Crippen molar-refractivity contribution in [3.63, 3.8) is 0 Å². The van der Waals surface area contributed by atoms with Gasteiger partial charge >= 0.3 is 17.1 Å². The monoisotopic (exact) mass is 560 g/mol. The van der Waals surface area contributed by atoms with Crippen molar-refractivity contribution in [2.75, 3.05) is 0 Å². The van der Waals surface area contributed by atoms with E-state index >= 15 is 0 Å². The van der Waals surface area contributed by atoms with E-state index < -0.39 is 11.9 Å². The topological polar surface area (TPSA) is 173 Å². The van der Waals surface area contributed by atoms with Gasteiger partial charge in [-0.2, -0.15) is 0 Å². The van der Waals surface area contributed by atoms with Gasteiger partial charge in [0.2, 0.25) is 0 Å². The first-order valence-electron chi connectivity index (χ1n) is 10.5. The number of carboxylic acids is 2. The van der Waals surface area contributed by atoms with Gasteiger partial charge < -0.3 is 25.3 Å². The molecule has 0 amide bonds. The van der Waals surface area contributed by atoms with Crippen molar-refractivity contribution in [3.05, 3.63) is 120 Å². The molecule has 0 spiro atoms. The molecule has 0 atom stereocenters. The third-order valence-electron chi connectivity index (χ3n) is 4.91. The minimum Gasteiger partial charge on any atom is -0.545 e. The number of aromatic nitrogens is 2. The van der Waals surface area contributed by atoms with Gasteiger partial charge in [0.15, 0.2) is 0 Å². The van der Waals surface area contributed by atoms with Gasteiger partial charge in [-0.3, -0.25) is 19.6 Å². The van der Waals surface area contributed by atoms with Crippen molar-refractivity contribution in [2.45, 2.75) is 0 Å². The Morgan fingerprint density at radius 2 is 0.921 bits per heavy atom. The van der Waals surface area contributed by atoms with Crippen LogP contribution in [0.15, 0.2) is 97.3 Å². The molecule has 0 bridgehead atoms. The molecule has 10 heteroatoms. The summed E-state index contributed by atoms with van der Waals surface area (Å²) in [4.78, 5) is 49.3. The van der Waals surface area contributed by atoms with Crippen LogP contribution in [0.25, 0.3) is 21.8 Å². The Bertz CT molecular complexity index is 1410. The first-order valence-corrected chi connectivity index (χ1v) is 10.5. The number of aromatic carboxylic acids is 2. The van der Waals surface area contributed by atoms with Crippen molar-refractivity contribution >= 4 is 46.3 Å². The van der Waals surface area contributed by atoms with Crippen LogP contribution in [-0.2, 0) is 22.5 Å². The van der Waals surface area contributed by atoms with Gasteiger partial charge in [-0.15, -0.1) is 0 Å². The van der Waals surface area contributed by atoms with E-state index in [1.165, 1.54) is 48.5 Å². The number of fused-ring (bicyclic) bond motifs is 3. The number of hydrogen-bond acceptors (Lipinski definition) is 8. The molecule has 3 aromatic carbocycles. The summed E-state index contributed by atoms with van der Waals surface area (Å²) >= 11 is 0. The Kier molecular flexibility index (Phi) is 12.7. The molecule has 195 valence electrons. The third-order valence-corrected chi connectivity index (χ3v) is 4.91. The number of benzene rings is 3. The maximum absolute atomic E-state index is 10.2. The molecular weight excluding hydrogens is 540 g/mol. The Hall–Kier alpha value is -4.76. The molecule has 0 aliphatic heterocycles. The van der Waals surface area contributed by atoms with E-state index in [1.807, 2.05) is 12.1 Å². The standard InChI is InChI=1S/C12H8N2.2C8H6O3.Cu.H2O/c1-3-9-5-6-10-4-2-8-14-12(10)11(9)13-7-1;2*9-5-6-1-3-7(4-2-6)8(10)11;;/h1-8H;2*1-5H,(H,10,11);;1H2/q;;;+2;/p-1. The van der Waals surface area contributed by atoms with E-state index in [2.05, 4.69) is 34.2 Å². The Morgan fingerprint density at radius 1 is 0.579 bits per heavy atom. The van der Waals surface area contributed by atoms with Crippen molar-refractivity contribution in [3.8, 4) is 0 Å². The molecule has 0 saturated carbocycles. The molecule has 0 fully saturated rings. The number of pyridine rings is 2. The van der Waals surface area contributed by atoms with Crippen LogP contribution in [0.4, 0.5) is 0 Å². The maximum atomic E-state index is 10.2. The van der Waals surface area contributed by atoms with Crippen LogP contribution >= 0.6 is 0 Å². The Balaban J connectivity index is 0.000000281. The van der Waals surface area contributed by atoms with E-state index in [9.17, 15) is 29.4 Å². The largest absolute Gasteiger partial charge is 2.00 e. The Morgan fingerprint density at radius 3 is 1.21 bits per heavy atom. The molecule has 0 saturated heterocycles. The number of aldehydes is 2. The summed E-state index contributed by atoms with van der Waals surface area (Å²) in [6, 6.07) is 23.2. The van der Waals surface area contributed by atoms with Gasteiger partial charge in [-0.1, -0.05) is 72.8 Å². The maximum Gasteiger partial charge on any atom is 2.00 e. The number of nitrogens with zero attached hydrogens (tertiary/aromatic N) is 2. The SMILES string of the molecule is O=Cc1ccc(C(=O)[O-])cc1.O=Cc1ccc(C(=O)[O-])cc1.[Cu+2].[OH3+].c1cnc2c(c1)ccc1cccnc12. The fraction of sp³-hybridized carbons (Fsp3) is 0. The zero-order valence-electron chi connectivity index (χ0n) is 19.6. The van der Waals surface area contributed by atoms with Crippen LogP contribution in [-0.4, -0.2) is 34.5 Å². The fourth-order valence-electron chi connectivity index (χ4n) is 3.08. The Labute approximate surface area is 227 Å². The molecule has 0 unspecified atom stereocenters. The summed E-state index contributed by atoms with van der Waals surface area (Å²) in [6.07, 6.45) is 4.91. The number of carbonyl (C=O) groups excluding carboxylic acids is 4. The minimum atomic E-state index is -1.23. The predicted octanol–water partition coefficient (Wildman–Crippen LogP) is 1.58. The number of carboxylic acid groups (broad SMARTS) is 2. The average Bonchev–Trinajstić information content (AvgIpc) is 2.93. The summed E-state index contributed by atoms with van der Waals surface area (Å²) in [7, 11) is 0. The second kappa shape index (κ2) is 15.4. The average molecular weight is 561 g/mol. The van der Waals surface area contributed by atoms with E-state index in [1.54, 1.807) is 12.4 Å². The summed E-state index contributed by atoms with van der Waals surface area (Å²) in [5.74, 6) is -2.47. The minimum absolute atomic E-state index is 0. The number of carbonyl (C=O) groups is 4. The van der Waals surface area contributed by atoms with Crippen molar-refractivity contribution < 1.29 is 51.9 Å². The van der Waals surface area contributed by atoms with Crippen LogP contribution in [0.5, 0.6) is 0 Å². The van der Waals surface area contributed by atoms with E-state index in [0.717, 1.165) is 21.8 Å². The zero-order valence-corrected chi connectivity index (χ0v) is 20.6. The quantitative estimate of drug-likeness (QED) is 0.138. The van der Waals surface area contributed by atoms with Crippen LogP contribution in [0.1, 0.15) is 41.4 Å². The molecule has 38 heavy (non-hydrogen) atoms. The van der Waals surface area contributed by atoms with Gasteiger partial charge in [0, 0.05) is 34.3 Å². The van der Waals surface area contributed by atoms with Crippen molar-refractivity contribution in [1.82, 2.24) is 9.97 Å². The van der Waals surface area contributed by atoms with Gasteiger partial charge in [0.05, 0.1) is 23.0 Å². The van der Waals surface area contributed by atoms with Crippen LogP contribution < -0.4 is 10.2 Å². The molecule has 3 N–H and O–H groups in total. The molecule has 2 heterocycles. The van der Waals surface area contributed by atoms with Crippen LogP contribution in [0.3, 0.4) is 0 Å². The zero-order chi connectivity index (χ0) is 25.9. The second-order valence-electron chi connectivity index (χ2n) is 7.27. The van der Waals surface area contributed by atoms with Crippen molar-refractivity contribution in [1.29, 1.82) is 0 Å². The van der Waals surface area contributed by atoms with E-state index in [4.69, 9.17) is 0 Å². The van der Waals surface area contributed by atoms with Gasteiger partial charge in [-0.05, 0) is 23.3 Å². The normalized spacial score (nSPS) is 9.26. The second-order valence-corrected chi connectivity index (χ2v) is 7.27.